The van der Waals surface area contributed by atoms with Crippen LogP contribution in [-0.4, -0.2) is 49.5 Å². The van der Waals surface area contributed by atoms with Crippen LogP contribution in [-0.2, 0) is 17.6 Å². The minimum absolute atomic E-state index is 0.185. The molecule has 1 amide bonds. The highest BCUT2D eigenvalue weighted by Gasteiger charge is 2.26. The van der Waals surface area contributed by atoms with Crippen molar-refractivity contribution in [3.8, 4) is 0 Å². The summed E-state index contributed by atoms with van der Waals surface area (Å²) in [4.78, 5) is 18.9. The summed E-state index contributed by atoms with van der Waals surface area (Å²) in [6, 6.07) is 9.21. The molecule has 1 aromatic carbocycles. The Morgan fingerprint density at radius 3 is 2.25 bits per heavy atom. The lowest BCUT2D eigenvalue weighted by Crippen LogP contribution is -2.50. The summed E-state index contributed by atoms with van der Waals surface area (Å²) >= 11 is 0. The van der Waals surface area contributed by atoms with Gasteiger partial charge in [0.15, 0.2) is 5.96 Å². The lowest BCUT2D eigenvalue weighted by molar-refractivity contribution is -0.136. The summed E-state index contributed by atoms with van der Waals surface area (Å²) in [6.45, 7) is 8.93. The Labute approximate surface area is 171 Å². The van der Waals surface area contributed by atoms with E-state index in [2.05, 4.69) is 60.7 Å². The Morgan fingerprint density at radius 1 is 1.11 bits per heavy atom. The van der Waals surface area contributed by atoms with E-state index in [0.717, 1.165) is 64.1 Å². The van der Waals surface area contributed by atoms with Gasteiger partial charge in [-0.3, -0.25) is 9.79 Å². The highest BCUT2D eigenvalue weighted by Crippen LogP contribution is 2.17. The molecule has 1 fully saturated rings. The van der Waals surface area contributed by atoms with Crippen LogP contribution in [0, 0.1) is 5.92 Å². The standard InChI is InChI=1S/C23H38N4O/c1-5-18-8-10-19(11-9-18)12-15-25-23(24-4)26-21-13-16-27(17-14-21)22(28)20(6-2)7-3/h8-11,20-21H,5-7,12-17H2,1-4H3,(H2,24,25,26). The first-order valence-electron chi connectivity index (χ1n) is 10.9. The van der Waals surface area contributed by atoms with Crippen LogP contribution < -0.4 is 10.6 Å². The van der Waals surface area contributed by atoms with Crippen molar-refractivity contribution >= 4 is 11.9 Å². The van der Waals surface area contributed by atoms with E-state index in [9.17, 15) is 4.79 Å². The maximum absolute atomic E-state index is 12.5. The van der Waals surface area contributed by atoms with Gasteiger partial charge in [0, 0.05) is 38.6 Å². The highest BCUT2D eigenvalue weighted by atomic mass is 16.2. The van der Waals surface area contributed by atoms with Gasteiger partial charge >= 0.3 is 0 Å². The van der Waals surface area contributed by atoms with Gasteiger partial charge in [-0.15, -0.1) is 0 Å². The predicted molar refractivity (Wildman–Crippen MR) is 118 cm³/mol. The number of nitrogens with zero attached hydrogens (tertiary/aromatic N) is 2. The molecular weight excluding hydrogens is 348 g/mol. The number of likely N-dealkylation sites (tertiary alicyclic amines) is 1. The second kappa shape index (κ2) is 11.7. The summed E-state index contributed by atoms with van der Waals surface area (Å²) < 4.78 is 0. The normalized spacial score (nSPS) is 15.8. The first-order valence-corrected chi connectivity index (χ1v) is 10.9. The van der Waals surface area contributed by atoms with Crippen molar-refractivity contribution in [2.75, 3.05) is 26.7 Å². The molecule has 0 saturated carbocycles. The minimum Gasteiger partial charge on any atom is -0.356 e. The molecule has 0 spiro atoms. The summed E-state index contributed by atoms with van der Waals surface area (Å²) in [6.07, 6.45) is 5.89. The molecule has 1 saturated heterocycles. The van der Waals surface area contributed by atoms with Gasteiger partial charge < -0.3 is 15.5 Å². The first kappa shape index (κ1) is 22.3. The van der Waals surface area contributed by atoms with Crippen LogP contribution in [0.15, 0.2) is 29.3 Å². The van der Waals surface area contributed by atoms with E-state index in [1.54, 1.807) is 0 Å². The van der Waals surface area contributed by atoms with Gasteiger partial charge in [0.1, 0.15) is 0 Å². The molecule has 0 radical (unpaired) electrons. The number of hydrogen-bond acceptors (Lipinski definition) is 2. The fourth-order valence-electron chi connectivity index (χ4n) is 3.80. The van der Waals surface area contributed by atoms with Crippen LogP contribution in [0.3, 0.4) is 0 Å². The van der Waals surface area contributed by atoms with Crippen molar-refractivity contribution in [2.24, 2.45) is 10.9 Å². The fraction of sp³-hybridized carbons (Fsp3) is 0.652. The average Bonchev–Trinajstić information content (AvgIpc) is 2.74. The Bertz CT molecular complexity index is 614. The quantitative estimate of drug-likeness (QED) is 0.532. The lowest BCUT2D eigenvalue weighted by atomic mass is 9.98. The van der Waals surface area contributed by atoms with E-state index in [-0.39, 0.29) is 5.92 Å². The number of piperidine rings is 1. The molecule has 2 N–H and O–H groups in total. The third kappa shape index (κ3) is 6.54. The third-order valence-electron chi connectivity index (χ3n) is 5.84. The maximum atomic E-state index is 12.5. The van der Waals surface area contributed by atoms with Gasteiger partial charge in [-0.1, -0.05) is 45.0 Å². The van der Waals surface area contributed by atoms with Gasteiger partial charge in [0.05, 0.1) is 0 Å². The monoisotopic (exact) mass is 386 g/mol. The number of amides is 1. The van der Waals surface area contributed by atoms with Crippen LogP contribution in [0.4, 0.5) is 0 Å². The van der Waals surface area contributed by atoms with Crippen LogP contribution in [0.25, 0.3) is 0 Å². The third-order valence-corrected chi connectivity index (χ3v) is 5.84. The number of carbonyl (C=O) groups excluding carboxylic acids is 1. The molecule has 5 heteroatoms. The summed E-state index contributed by atoms with van der Waals surface area (Å²) in [5.41, 5.74) is 2.72. The van der Waals surface area contributed by atoms with Crippen LogP contribution in [0.5, 0.6) is 0 Å². The van der Waals surface area contributed by atoms with E-state index in [1.807, 2.05) is 11.9 Å². The van der Waals surface area contributed by atoms with Gasteiger partial charge in [-0.2, -0.15) is 0 Å². The number of carbonyl (C=O) groups is 1. The molecule has 1 aliphatic heterocycles. The molecular formula is C23H38N4O. The van der Waals surface area contributed by atoms with E-state index in [0.29, 0.717) is 11.9 Å². The zero-order valence-corrected chi connectivity index (χ0v) is 18.1. The first-order chi connectivity index (χ1) is 13.6. The van der Waals surface area contributed by atoms with Gasteiger partial charge in [-0.25, -0.2) is 0 Å². The molecule has 1 heterocycles. The van der Waals surface area contributed by atoms with Crippen molar-refractivity contribution in [3.05, 3.63) is 35.4 Å². The maximum Gasteiger partial charge on any atom is 0.225 e. The fourth-order valence-corrected chi connectivity index (χ4v) is 3.80. The van der Waals surface area contributed by atoms with E-state index in [1.165, 1.54) is 11.1 Å². The second-order valence-electron chi connectivity index (χ2n) is 7.68. The summed E-state index contributed by atoms with van der Waals surface area (Å²) in [5.74, 6) is 1.38. The Hall–Kier alpha value is -2.04. The van der Waals surface area contributed by atoms with Crippen LogP contribution >= 0.6 is 0 Å². The summed E-state index contributed by atoms with van der Waals surface area (Å²) in [5, 5.41) is 6.95. The Morgan fingerprint density at radius 2 is 1.71 bits per heavy atom. The highest BCUT2D eigenvalue weighted by molar-refractivity contribution is 5.80. The zero-order valence-electron chi connectivity index (χ0n) is 18.1. The van der Waals surface area contributed by atoms with E-state index >= 15 is 0 Å². The second-order valence-corrected chi connectivity index (χ2v) is 7.68. The molecule has 28 heavy (non-hydrogen) atoms. The molecule has 1 aromatic rings. The minimum atomic E-state index is 0.185. The molecule has 0 atom stereocenters. The van der Waals surface area contributed by atoms with Crippen molar-refractivity contribution in [1.82, 2.24) is 15.5 Å². The number of aryl methyl sites for hydroxylation is 1. The van der Waals surface area contributed by atoms with E-state index < -0.39 is 0 Å². The number of rotatable bonds is 8. The molecule has 5 nitrogen and oxygen atoms in total. The average molecular weight is 387 g/mol. The number of benzene rings is 1. The molecule has 0 aromatic heterocycles. The van der Waals surface area contributed by atoms with E-state index in [4.69, 9.17) is 0 Å². The number of guanidine groups is 1. The van der Waals surface area contributed by atoms with Crippen molar-refractivity contribution in [1.29, 1.82) is 0 Å². The zero-order chi connectivity index (χ0) is 20.4. The Kier molecular flexibility index (Phi) is 9.32. The molecule has 0 unspecified atom stereocenters. The molecule has 0 bridgehead atoms. The van der Waals surface area contributed by atoms with Crippen LogP contribution in [0.2, 0.25) is 0 Å². The molecule has 2 rings (SSSR count). The number of aliphatic imine (C=N–C) groups is 1. The number of hydrogen-bond donors (Lipinski definition) is 2. The van der Waals surface area contributed by atoms with Gasteiger partial charge in [0.25, 0.3) is 0 Å². The van der Waals surface area contributed by atoms with Gasteiger partial charge in [0.2, 0.25) is 5.91 Å². The van der Waals surface area contributed by atoms with Crippen molar-refractivity contribution in [2.45, 2.75) is 65.3 Å². The van der Waals surface area contributed by atoms with Crippen molar-refractivity contribution in [3.63, 3.8) is 0 Å². The lowest BCUT2D eigenvalue weighted by Gasteiger charge is -2.34. The van der Waals surface area contributed by atoms with Crippen LogP contribution in [0.1, 0.15) is 57.6 Å². The Balaban J connectivity index is 1.72. The van der Waals surface area contributed by atoms with Gasteiger partial charge in [-0.05, 0) is 49.7 Å². The molecule has 156 valence electrons. The largest absolute Gasteiger partial charge is 0.356 e. The SMILES string of the molecule is CCc1ccc(CCNC(=NC)NC2CCN(C(=O)C(CC)CC)CC2)cc1. The topological polar surface area (TPSA) is 56.7 Å². The summed E-state index contributed by atoms with van der Waals surface area (Å²) in [7, 11) is 1.82. The number of nitrogens with one attached hydrogen (secondary N) is 2. The van der Waals surface area contributed by atoms with Crippen molar-refractivity contribution < 1.29 is 4.79 Å². The molecule has 0 aliphatic carbocycles. The predicted octanol–water partition coefficient (Wildman–Crippen LogP) is 3.38. The smallest absolute Gasteiger partial charge is 0.225 e. The molecule has 1 aliphatic rings.